The molecular formula is C12H18N4O. The van der Waals surface area contributed by atoms with Gasteiger partial charge >= 0.3 is 0 Å². The minimum atomic E-state index is 0.0103. The van der Waals surface area contributed by atoms with Crippen LogP contribution in [0.2, 0.25) is 0 Å². The molecule has 1 aliphatic rings. The number of carbonyl (C=O) groups excluding carboxylic acids is 1. The van der Waals surface area contributed by atoms with E-state index in [1.807, 2.05) is 4.90 Å². The molecule has 0 unspecified atom stereocenters. The van der Waals surface area contributed by atoms with Crippen LogP contribution in [0.5, 0.6) is 0 Å². The molecule has 0 N–H and O–H groups in total. The Morgan fingerprint density at radius 3 is 2.88 bits per heavy atom. The number of piperazine rings is 1. The molecule has 1 atom stereocenters. The highest BCUT2D eigenvalue weighted by Crippen LogP contribution is 2.11. The third-order valence-electron chi connectivity index (χ3n) is 3.09. The summed E-state index contributed by atoms with van der Waals surface area (Å²) in [6, 6.07) is 1.91. The molecule has 1 amide bonds. The lowest BCUT2D eigenvalue weighted by Crippen LogP contribution is -2.52. The number of aryl methyl sites for hydroxylation is 1. The van der Waals surface area contributed by atoms with Crippen LogP contribution >= 0.6 is 0 Å². The Morgan fingerprint density at radius 1 is 1.47 bits per heavy atom. The Hall–Kier alpha value is -1.49. The fourth-order valence-electron chi connectivity index (χ4n) is 2.16. The van der Waals surface area contributed by atoms with Crippen LogP contribution in [0.15, 0.2) is 12.3 Å². The van der Waals surface area contributed by atoms with Gasteiger partial charge in [-0.3, -0.25) is 4.79 Å². The highest BCUT2D eigenvalue weighted by atomic mass is 16.2. The third-order valence-corrected chi connectivity index (χ3v) is 3.09. The fourth-order valence-corrected chi connectivity index (χ4v) is 2.16. The SMILES string of the molecule is Cc1nccc(C(=O)N2CCN(C)C[C@H]2C)n1. The van der Waals surface area contributed by atoms with Gasteiger partial charge in [-0.15, -0.1) is 0 Å². The van der Waals surface area contributed by atoms with Crippen molar-refractivity contribution in [2.45, 2.75) is 19.9 Å². The lowest BCUT2D eigenvalue weighted by Gasteiger charge is -2.38. The van der Waals surface area contributed by atoms with E-state index < -0.39 is 0 Å². The van der Waals surface area contributed by atoms with Gasteiger partial charge in [0.15, 0.2) is 0 Å². The molecule has 1 aromatic heterocycles. The Labute approximate surface area is 101 Å². The molecule has 0 aromatic carbocycles. The Morgan fingerprint density at radius 2 is 2.24 bits per heavy atom. The van der Waals surface area contributed by atoms with Gasteiger partial charge in [0.05, 0.1) is 0 Å². The summed E-state index contributed by atoms with van der Waals surface area (Å²) in [4.78, 5) is 24.6. The minimum absolute atomic E-state index is 0.0103. The molecule has 2 heterocycles. The van der Waals surface area contributed by atoms with Crippen LogP contribution in [0, 0.1) is 6.92 Å². The van der Waals surface area contributed by atoms with Crippen molar-refractivity contribution >= 4 is 5.91 Å². The summed E-state index contributed by atoms with van der Waals surface area (Å²) < 4.78 is 0. The van der Waals surface area contributed by atoms with E-state index in [0.717, 1.165) is 19.6 Å². The molecule has 5 nitrogen and oxygen atoms in total. The molecule has 2 rings (SSSR count). The van der Waals surface area contributed by atoms with Gasteiger partial charge in [0.2, 0.25) is 0 Å². The van der Waals surface area contributed by atoms with E-state index in [-0.39, 0.29) is 11.9 Å². The Kier molecular flexibility index (Phi) is 3.38. The number of likely N-dealkylation sites (N-methyl/N-ethyl adjacent to an activating group) is 1. The second-order valence-electron chi connectivity index (χ2n) is 4.60. The van der Waals surface area contributed by atoms with E-state index in [4.69, 9.17) is 0 Å². The van der Waals surface area contributed by atoms with Gasteiger partial charge in [-0.25, -0.2) is 9.97 Å². The standard InChI is InChI=1S/C12H18N4O/c1-9-8-15(3)6-7-16(9)12(17)11-4-5-13-10(2)14-11/h4-5,9H,6-8H2,1-3H3/t9-/m1/s1. The highest BCUT2D eigenvalue weighted by molar-refractivity contribution is 5.92. The van der Waals surface area contributed by atoms with Gasteiger partial charge in [-0.1, -0.05) is 0 Å². The van der Waals surface area contributed by atoms with Gasteiger partial charge in [0.1, 0.15) is 11.5 Å². The van der Waals surface area contributed by atoms with Gasteiger partial charge in [-0.2, -0.15) is 0 Å². The first-order chi connectivity index (χ1) is 8.08. The molecule has 0 saturated carbocycles. The molecule has 1 aliphatic heterocycles. The summed E-state index contributed by atoms with van der Waals surface area (Å²) in [5, 5.41) is 0. The van der Waals surface area contributed by atoms with E-state index >= 15 is 0 Å². The van der Waals surface area contributed by atoms with Crippen LogP contribution in [0.1, 0.15) is 23.2 Å². The number of hydrogen-bond donors (Lipinski definition) is 0. The molecule has 1 fully saturated rings. The molecule has 0 spiro atoms. The average molecular weight is 234 g/mol. The number of rotatable bonds is 1. The lowest BCUT2D eigenvalue weighted by atomic mass is 10.2. The van der Waals surface area contributed by atoms with Gasteiger partial charge in [0, 0.05) is 31.9 Å². The molecule has 17 heavy (non-hydrogen) atoms. The monoisotopic (exact) mass is 234 g/mol. The number of aromatic nitrogens is 2. The van der Waals surface area contributed by atoms with Crippen LogP contribution < -0.4 is 0 Å². The van der Waals surface area contributed by atoms with Gasteiger partial charge in [-0.05, 0) is 27.0 Å². The second-order valence-corrected chi connectivity index (χ2v) is 4.60. The number of carbonyl (C=O) groups is 1. The van der Waals surface area contributed by atoms with Gasteiger partial charge < -0.3 is 9.80 Å². The smallest absolute Gasteiger partial charge is 0.272 e. The summed E-state index contributed by atoms with van der Waals surface area (Å²) in [7, 11) is 2.08. The zero-order valence-electron chi connectivity index (χ0n) is 10.6. The molecule has 92 valence electrons. The fraction of sp³-hybridized carbons (Fsp3) is 0.583. The van der Waals surface area contributed by atoms with Crippen molar-refractivity contribution in [1.29, 1.82) is 0 Å². The molecule has 1 aromatic rings. The minimum Gasteiger partial charge on any atom is -0.332 e. The van der Waals surface area contributed by atoms with Crippen molar-refractivity contribution in [3.8, 4) is 0 Å². The molecule has 0 bridgehead atoms. The maximum atomic E-state index is 12.3. The predicted octanol–water partition coefficient (Wildman–Crippen LogP) is 0.561. The normalized spacial score (nSPS) is 21.6. The predicted molar refractivity (Wildman–Crippen MR) is 64.8 cm³/mol. The lowest BCUT2D eigenvalue weighted by molar-refractivity contribution is 0.0527. The number of hydrogen-bond acceptors (Lipinski definition) is 4. The van der Waals surface area contributed by atoms with Crippen LogP contribution in [0.4, 0.5) is 0 Å². The van der Waals surface area contributed by atoms with Crippen LogP contribution in [0.3, 0.4) is 0 Å². The first-order valence-corrected chi connectivity index (χ1v) is 5.87. The summed E-state index contributed by atoms with van der Waals surface area (Å²) in [5.74, 6) is 0.647. The molecule has 0 aliphatic carbocycles. The summed E-state index contributed by atoms with van der Waals surface area (Å²) in [6.45, 7) is 6.46. The summed E-state index contributed by atoms with van der Waals surface area (Å²) in [6.07, 6.45) is 1.64. The van der Waals surface area contributed by atoms with Crippen molar-refractivity contribution < 1.29 is 4.79 Å². The first kappa shape index (κ1) is 12.0. The number of amides is 1. The van der Waals surface area contributed by atoms with E-state index in [0.29, 0.717) is 11.5 Å². The summed E-state index contributed by atoms with van der Waals surface area (Å²) >= 11 is 0. The Balaban J connectivity index is 2.15. The second kappa shape index (κ2) is 4.79. The maximum absolute atomic E-state index is 12.3. The highest BCUT2D eigenvalue weighted by Gasteiger charge is 2.27. The summed E-state index contributed by atoms with van der Waals surface area (Å²) in [5.41, 5.74) is 0.494. The Bertz CT molecular complexity index is 421. The molecular weight excluding hydrogens is 216 g/mol. The van der Waals surface area contributed by atoms with Crippen LogP contribution in [0.25, 0.3) is 0 Å². The largest absolute Gasteiger partial charge is 0.332 e. The molecule has 1 saturated heterocycles. The van der Waals surface area contributed by atoms with E-state index in [1.165, 1.54) is 0 Å². The number of nitrogens with zero attached hydrogens (tertiary/aromatic N) is 4. The third kappa shape index (κ3) is 2.61. The van der Waals surface area contributed by atoms with Crippen molar-refractivity contribution in [2.24, 2.45) is 0 Å². The first-order valence-electron chi connectivity index (χ1n) is 5.87. The van der Waals surface area contributed by atoms with Crippen LogP contribution in [-0.4, -0.2) is 58.4 Å². The van der Waals surface area contributed by atoms with E-state index in [9.17, 15) is 4.79 Å². The molecule has 0 radical (unpaired) electrons. The molecule has 5 heteroatoms. The topological polar surface area (TPSA) is 49.3 Å². The van der Waals surface area contributed by atoms with Crippen molar-refractivity contribution in [1.82, 2.24) is 19.8 Å². The zero-order valence-corrected chi connectivity index (χ0v) is 10.6. The van der Waals surface area contributed by atoms with E-state index in [1.54, 1.807) is 19.2 Å². The van der Waals surface area contributed by atoms with Gasteiger partial charge in [0.25, 0.3) is 5.91 Å². The van der Waals surface area contributed by atoms with E-state index in [2.05, 4.69) is 28.8 Å². The average Bonchev–Trinajstić information content (AvgIpc) is 2.28. The van der Waals surface area contributed by atoms with Crippen molar-refractivity contribution in [2.75, 3.05) is 26.7 Å². The maximum Gasteiger partial charge on any atom is 0.272 e. The zero-order chi connectivity index (χ0) is 12.4. The quantitative estimate of drug-likeness (QED) is 0.712. The van der Waals surface area contributed by atoms with Crippen molar-refractivity contribution in [3.63, 3.8) is 0 Å². The van der Waals surface area contributed by atoms with Crippen LogP contribution in [-0.2, 0) is 0 Å². The van der Waals surface area contributed by atoms with Crippen molar-refractivity contribution in [3.05, 3.63) is 23.8 Å².